The van der Waals surface area contributed by atoms with Gasteiger partial charge in [-0.2, -0.15) is 8.78 Å². The third kappa shape index (κ3) is 2.92. The van der Waals surface area contributed by atoms with Crippen molar-refractivity contribution in [2.75, 3.05) is 0 Å². The summed E-state index contributed by atoms with van der Waals surface area (Å²) in [6.45, 7) is -2.85. The molecule has 0 aliphatic rings. The Morgan fingerprint density at radius 1 is 1.35 bits per heavy atom. The van der Waals surface area contributed by atoms with E-state index in [4.69, 9.17) is 11.6 Å². The standard InChI is InChI=1S/C11H8ClF2NOS/c12-5-10-15-8(6-17-10)7-3-1-2-4-9(7)16-11(13)14/h1-4,6,11H,5H2. The zero-order valence-corrected chi connectivity index (χ0v) is 10.1. The molecule has 0 unspecified atom stereocenters. The topological polar surface area (TPSA) is 22.1 Å². The minimum atomic E-state index is -2.85. The van der Waals surface area contributed by atoms with Crippen molar-refractivity contribution >= 4 is 22.9 Å². The van der Waals surface area contributed by atoms with Gasteiger partial charge in [-0.15, -0.1) is 22.9 Å². The lowest BCUT2D eigenvalue weighted by Gasteiger charge is -2.08. The van der Waals surface area contributed by atoms with Gasteiger partial charge in [0.1, 0.15) is 10.8 Å². The molecule has 0 saturated carbocycles. The van der Waals surface area contributed by atoms with Crippen LogP contribution in [0.2, 0.25) is 0 Å². The fourth-order valence-electron chi connectivity index (χ4n) is 1.37. The molecule has 2 nitrogen and oxygen atoms in total. The number of alkyl halides is 3. The molecule has 0 spiro atoms. The third-order valence-electron chi connectivity index (χ3n) is 2.05. The molecular weight excluding hydrogens is 268 g/mol. The van der Waals surface area contributed by atoms with Crippen LogP contribution in [-0.2, 0) is 5.88 Å². The predicted molar refractivity (Wildman–Crippen MR) is 63.7 cm³/mol. The van der Waals surface area contributed by atoms with Gasteiger partial charge in [-0.1, -0.05) is 12.1 Å². The van der Waals surface area contributed by atoms with Gasteiger partial charge in [-0.3, -0.25) is 0 Å². The van der Waals surface area contributed by atoms with Crippen molar-refractivity contribution < 1.29 is 13.5 Å². The highest BCUT2D eigenvalue weighted by molar-refractivity contribution is 7.10. The third-order valence-corrected chi connectivity index (χ3v) is 3.31. The Bertz CT molecular complexity index is 504. The summed E-state index contributed by atoms with van der Waals surface area (Å²) in [7, 11) is 0. The summed E-state index contributed by atoms with van der Waals surface area (Å²) in [4.78, 5) is 4.23. The largest absolute Gasteiger partial charge is 0.434 e. The molecule has 0 aliphatic carbocycles. The van der Waals surface area contributed by atoms with Crippen LogP contribution in [0, 0.1) is 0 Å². The first-order chi connectivity index (χ1) is 8.20. The van der Waals surface area contributed by atoms with Gasteiger partial charge >= 0.3 is 6.61 Å². The first kappa shape index (κ1) is 12.3. The fraction of sp³-hybridized carbons (Fsp3) is 0.182. The predicted octanol–water partition coefficient (Wildman–Crippen LogP) is 4.15. The van der Waals surface area contributed by atoms with E-state index in [1.54, 1.807) is 23.6 Å². The smallest absolute Gasteiger partial charge is 0.387 e. The van der Waals surface area contributed by atoms with E-state index in [0.717, 1.165) is 5.01 Å². The normalized spacial score (nSPS) is 10.8. The van der Waals surface area contributed by atoms with Crippen molar-refractivity contribution in [2.45, 2.75) is 12.5 Å². The molecule has 0 bridgehead atoms. The van der Waals surface area contributed by atoms with Crippen LogP contribution in [0.5, 0.6) is 5.75 Å². The second-order valence-corrected chi connectivity index (χ2v) is 4.34. The van der Waals surface area contributed by atoms with Gasteiger partial charge in [0.25, 0.3) is 0 Å². The average molecular weight is 276 g/mol. The molecule has 6 heteroatoms. The average Bonchev–Trinajstić information content (AvgIpc) is 2.77. The summed E-state index contributed by atoms with van der Waals surface area (Å²) in [5, 5.41) is 2.51. The maximum absolute atomic E-state index is 12.2. The Morgan fingerprint density at radius 3 is 2.76 bits per heavy atom. The molecule has 1 aromatic heterocycles. The van der Waals surface area contributed by atoms with Gasteiger partial charge in [0.15, 0.2) is 0 Å². The number of benzene rings is 1. The van der Waals surface area contributed by atoms with Gasteiger partial charge in [-0.25, -0.2) is 4.98 Å². The zero-order valence-electron chi connectivity index (χ0n) is 8.57. The Kier molecular flexibility index (Phi) is 3.91. The number of ether oxygens (including phenoxy) is 1. The zero-order chi connectivity index (χ0) is 12.3. The van der Waals surface area contributed by atoms with Crippen molar-refractivity contribution in [1.29, 1.82) is 0 Å². The number of hydrogen-bond acceptors (Lipinski definition) is 3. The first-order valence-corrected chi connectivity index (χ1v) is 6.16. The molecule has 1 heterocycles. The van der Waals surface area contributed by atoms with Crippen LogP contribution >= 0.6 is 22.9 Å². The van der Waals surface area contributed by atoms with E-state index in [0.29, 0.717) is 17.1 Å². The van der Waals surface area contributed by atoms with Gasteiger partial charge in [-0.05, 0) is 12.1 Å². The van der Waals surface area contributed by atoms with Crippen LogP contribution in [0.25, 0.3) is 11.3 Å². The lowest BCUT2D eigenvalue weighted by Crippen LogP contribution is -2.03. The first-order valence-electron chi connectivity index (χ1n) is 4.75. The molecule has 2 rings (SSSR count). The molecule has 1 aromatic carbocycles. The summed E-state index contributed by atoms with van der Waals surface area (Å²) in [5.41, 5.74) is 1.14. The molecule has 2 aromatic rings. The Morgan fingerprint density at radius 2 is 2.12 bits per heavy atom. The highest BCUT2D eigenvalue weighted by Crippen LogP contribution is 2.31. The molecular formula is C11H8ClF2NOS. The summed E-state index contributed by atoms with van der Waals surface area (Å²) >= 11 is 7.03. The Balaban J connectivity index is 2.36. The second kappa shape index (κ2) is 5.42. The SMILES string of the molecule is FC(F)Oc1ccccc1-c1csc(CCl)n1. The van der Waals surface area contributed by atoms with E-state index in [1.165, 1.54) is 17.4 Å². The number of nitrogens with zero attached hydrogens (tertiary/aromatic N) is 1. The van der Waals surface area contributed by atoms with E-state index < -0.39 is 6.61 Å². The highest BCUT2D eigenvalue weighted by Gasteiger charge is 2.12. The minimum absolute atomic E-state index is 0.119. The molecule has 17 heavy (non-hydrogen) atoms. The van der Waals surface area contributed by atoms with Gasteiger partial charge in [0, 0.05) is 10.9 Å². The number of para-hydroxylation sites is 1. The number of hydrogen-bond donors (Lipinski definition) is 0. The fourth-order valence-corrected chi connectivity index (χ4v) is 2.26. The van der Waals surface area contributed by atoms with Crippen LogP contribution in [0.3, 0.4) is 0 Å². The van der Waals surface area contributed by atoms with Crippen LogP contribution in [0.1, 0.15) is 5.01 Å². The van der Waals surface area contributed by atoms with Crippen molar-refractivity contribution in [2.24, 2.45) is 0 Å². The number of thiazole rings is 1. The van der Waals surface area contributed by atoms with Gasteiger partial charge < -0.3 is 4.74 Å². The van der Waals surface area contributed by atoms with Crippen molar-refractivity contribution in [1.82, 2.24) is 4.98 Å². The molecule has 0 atom stereocenters. The summed E-state index contributed by atoms with van der Waals surface area (Å²) in [6, 6.07) is 6.55. The molecule has 0 N–H and O–H groups in total. The lowest BCUT2D eigenvalue weighted by atomic mass is 10.1. The van der Waals surface area contributed by atoms with Gasteiger partial charge in [0.05, 0.1) is 11.6 Å². The molecule has 0 amide bonds. The van der Waals surface area contributed by atoms with E-state index in [9.17, 15) is 8.78 Å². The Labute approximate surface area is 106 Å². The van der Waals surface area contributed by atoms with Crippen LogP contribution < -0.4 is 4.74 Å². The molecule has 0 aliphatic heterocycles. The Hall–Kier alpha value is -1.20. The number of halogens is 3. The van der Waals surface area contributed by atoms with E-state index in [1.807, 2.05) is 0 Å². The van der Waals surface area contributed by atoms with Crippen LogP contribution in [0.15, 0.2) is 29.6 Å². The molecule has 90 valence electrons. The molecule has 0 fully saturated rings. The summed E-state index contributed by atoms with van der Waals surface area (Å²) in [6.07, 6.45) is 0. The number of rotatable bonds is 4. The number of aromatic nitrogens is 1. The van der Waals surface area contributed by atoms with Crippen molar-refractivity contribution in [3.63, 3.8) is 0 Å². The van der Waals surface area contributed by atoms with E-state index >= 15 is 0 Å². The summed E-state index contributed by atoms with van der Waals surface area (Å²) < 4.78 is 28.9. The quantitative estimate of drug-likeness (QED) is 0.782. The minimum Gasteiger partial charge on any atom is -0.434 e. The van der Waals surface area contributed by atoms with Crippen molar-refractivity contribution in [3.8, 4) is 17.0 Å². The van der Waals surface area contributed by atoms with E-state index in [2.05, 4.69) is 9.72 Å². The lowest BCUT2D eigenvalue weighted by molar-refractivity contribution is -0.0494. The maximum Gasteiger partial charge on any atom is 0.387 e. The molecule has 0 radical (unpaired) electrons. The van der Waals surface area contributed by atoms with Crippen LogP contribution in [0.4, 0.5) is 8.78 Å². The summed E-state index contributed by atoms with van der Waals surface area (Å²) in [5.74, 6) is 0.427. The second-order valence-electron chi connectivity index (χ2n) is 3.13. The monoisotopic (exact) mass is 275 g/mol. The van der Waals surface area contributed by atoms with Crippen LogP contribution in [-0.4, -0.2) is 11.6 Å². The molecule has 0 saturated heterocycles. The highest BCUT2D eigenvalue weighted by atomic mass is 35.5. The van der Waals surface area contributed by atoms with Gasteiger partial charge in [0.2, 0.25) is 0 Å². The van der Waals surface area contributed by atoms with E-state index in [-0.39, 0.29) is 5.75 Å². The van der Waals surface area contributed by atoms with Crippen molar-refractivity contribution in [3.05, 3.63) is 34.7 Å². The maximum atomic E-state index is 12.2.